The molecule has 3 heterocycles. The summed E-state index contributed by atoms with van der Waals surface area (Å²) in [7, 11) is 0. The molecular weight excluding hydrogens is 570 g/mol. The van der Waals surface area contributed by atoms with Gasteiger partial charge < -0.3 is 9.47 Å². The normalized spacial score (nSPS) is 11.8. The van der Waals surface area contributed by atoms with Gasteiger partial charge in [-0.2, -0.15) is 0 Å². The fourth-order valence-electron chi connectivity index (χ4n) is 5.73. The molecule has 0 N–H and O–H groups in total. The quantitative estimate of drug-likeness (QED) is 0.188. The van der Waals surface area contributed by atoms with Crippen LogP contribution in [0.1, 0.15) is 0 Å². The van der Waals surface area contributed by atoms with E-state index >= 15 is 0 Å². The Bertz CT molecular complexity index is 2370. The molecule has 216 valence electrons. The maximum atomic E-state index is 6.27. The number of hydrogen-bond acceptors (Lipinski definition) is 7. The maximum absolute atomic E-state index is 6.27. The first-order valence-corrected chi connectivity index (χ1v) is 14.9. The van der Waals surface area contributed by atoms with E-state index < -0.39 is 0 Å². The molecule has 0 unspecified atom stereocenters. The van der Waals surface area contributed by atoms with Crippen LogP contribution in [0.15, 0.2) is 140 Å². The molecule has 0 spiro atoms. The summed E-state index contributed by atoms with van der Waals surface area (Å²) in [5, 5.41) is 2.11. The second-order valence-electron chi connectivity index (χ2n) is 11.0. The molecule has 9 rings (SSSR count). The highest BCUT2D eigenvalue weighted by atomic mass is 16.6. The molecule has 2 aromatic heterocycles. The van der Waals surface area contributed by atoms with Crippen LogP contribution in [0.5, 0.6) is 23.3 Å². The fraction of sp³-hybridized carbons (Fsp3) is 0. The predicted octanol–water partition coefficient (Wildman–Crippen LogP) is 9.53. The van der Waals surface area contributed by atoms with E-state index in [0.717, 1.165) is 49.6 Å². The average Bonchev–Trinajstić information content (AvgIpc) is 3.13. The highest BCUT2D eigenvalue weighted by Crippen LogP contribution is 2.46. The lowest BCUT2D eigenvalue weighted by molar-refractivity contribution is 0.339. The van der Waals surface area contributed by atoms with Crippen molar-refractivity contribution in [3.63, 3.8) is 0 Å². The van der Waals surface area contributed by atoms with E-state index in [9.17, 15) is 0 Å². The number of hydrogen-bond donors (Lipinski definition) is 0. The highest BCUT2D eigenvalue weighted by molar-refractivity contribution is 6.04. The summed E-state index contributed by atoms with van der Waals surface area (Å²) in [5.74, 6) is 3.68. The molecule has 8 aromatic rings. The van der Waals surface area contributed by atoms with Crippen molar-refractivity contribution < 1.29 is 9.47 Å². The summed E-state index contributed by atoms with van der Waals surface area (Å²) in [6.45, 7) is 0. The van der Waals surface area contributed by atoms with Crippen LogP contribution in [0.2, 0.25) is 0 Å². The van der Waals surface area contributed by atoms with Crippen molar-refractivity contribution in [1.82, 2.24) is 24.9 Å². The zero-order valence-corrected chi connectivity index (χ0v) is 24.3. The van der Waals surface area contributed by atoms with E-state index in [0.29, 0.717) is 40.7 Å². The second-order valence-corrected chi connectivity index (χ2v) is 11.0. The minimum Gasteiger partial charge on any atom is -0.431 e. The summed E-state index contributed by atoms with van der Waals surface area (Å²) in [5.41, 5.74) is 6.18. The third-order valence-electron chi connectivity index (χ3n) is 8.01. The molecule has 7 nitrogen and oxygen atoms in total. The summed E-state index contributed by atoms with van der Waals surface area (Å²) < 4.78 is 12.5. The summed E-state index contributed by atoms with van der Waals surface area (Å²) >= 11 is 0. The smallest absolute Gasteiger partial charge is 0.284 e. The third-order valence-corrected chi connectivity index (χ3v) is 8.01. The lowest BCUT2D eigenvalue weighted by Crippen LogP contribution is -2.03. The van der Waals surface area contributed by atoms with Gasteiger partial charge in [-0.15, -0.1) is 0 Å². The summed E-state index contributed by atoms with van der Waals surface area (Å²) in [6, 6.07) is 46.1. The van der Waals surface area contributed by atoms with Gasteiger partial charge in [-0.25, -0.2) is 24.9 Å². The Morgan fingerprint density at radius 1 is 0.370 bits per heavy atom. The van der Waals surface area contributed by atoms with Crippen LogP contribution in [-0.2, 0) is 0 Å². The van der Waals surface area contributed by atoms with Gasteiger partial charge in [-0.1, -0.05) is 115 Å². The van der Waals surface area contributed by atoms with Gasteiger partial charge in [0.2, 0.25) is 0 Å². The van der Waals surface area contributed by atoms with Gasteiger partial charge >= 0.3 is 0 Å². The monoisotopic (exact) mass is 593 g/mol. The van der Waals surface area contributed by atoms with Gasteiger partial charge in [0.15, 0.2) is 29.0 Å². The van der Waals surface area contributed by atoms with Crippen LogP contribution in [0.3, 0.4) is 0 Å². The van der Waals surface area contributed by atoms with E-state index in [-0.39, 0.29) is 0 Å². The summed E-state index contributed by atoms with van der Waals surface area (Å²) in [6.07, 6.45) is 0. The molecule has 6 aromatic carbocycles. The second kappa shape index (κ2) is 10.6. The first-order chi connectivity index (χ1) is 22.7. The molecular formula is C39H23N5O2. The highest BCUT2D eigenvalue weighted by Gasteiger charge is 2.24. The lowest BCUT2D eigenvalue weighted by atomic mass is 10.0. The first-order valence-electron chi connectivity index (χ1n) is 14.9. The lowest BCUT2D eigenvalue weighted by Gasteiger charge is -2.20. The minimum absolute atomic E-state index is 0.341. The molecule has 1 aliphatic rings. The Hall–Kier alpha value is -6.47. The molecule has 0 saturated heterocycles. The van der Waals surface area contributed by atoms with Crippen LogP contribution in [0.4, 0.5) is 0 Å². The number of nitrogens with zero attached hydrogens (tertiary/aromatic N) is 5. The number of aromatic nitrogens is 5. The maximum Gasteiger partial charge on any atom is 0.284 e. The summed E-state index contributed by atoms with van der Waals surface area (Å²) in [4.78, 5) is 24.2. The van der Waals surface area contributed by atoms with E-state index in [4.69, 9.17) is 34.4 Å². The fourth-order valence-corrected chi connectivity index (χ4v) is 5.73. The van der Waals surface area contributed by atoms with Crippen molar-refractivity contribution >= 4 is 21.8 Å². The van der Waals surface area contributed by atoms with Crippen LogP contribution in [0.25, 0.3) is 67.1 Å². The van der Waals surface area contributed by atoms with Gasteiger partial charge in [-0.3, -0.25) is 0 Å². The zero-order chi connectivity index (χ0) is 30.5. The van der Waals surface area contributed by atoms with E-state index in [1.54, 1.807) is 0 Å². The number of rotatable bonds is 4. The van der Waals surface area contributed by atoms with Crippen molar-refractivity contribution in [2.24, 2.45) is 0 Å². The van der Waals surface area contributed by atoms with Crippen molar-refractivity contribution in [3.05, 3.63) is 140 Å². The topological polar surface area (TPSA) is 82.9 Å². The van der Waals surface area contributed by atoms with Gasteiger partial charge in [0.25, 0.3) is 11.8 Å². The third kappa shape index (κ3) is 4.58. The minimum atomic E-state index is 0.341. The predicted molar refractivity (Wildman–Crippen MR) is 179 cm³/mol. The van der Waals surface area contributed by atoms with Crippen LogP contribution < -0.4 is 9.47 Å². The van der Waals surface area contributed by atoms with Crippen molar-refractivity contribution in [2.75, 3.05) is 0 Å². The Morgan fingerprint density at radius 3 is 1.72 bits per heavy atom. The molecule has 0 saturated carbocycles. The van der Waals surface area contributed by atoms with Gasteiger partial charge in [0.05, 0.1) is 5.52 Å². The Morgan fingerprint density at radius 2 is 0.957 bits per heavy atom. The Balaban J connectivity index is 1.08. The SMILES string of the molecule is c1ccc(-c2nc(-c3ccccc3)nc(-c3cccc(-c4ccc5c(c4)Oc4nc6ccc7ccccc7c6nc4O5)c3)n2)cc1. The van der Waals surface area contributed by atoms with Crippen molar-refractivity contribution in [2.45, 2.75) is 0 Å². The van der Waals surface area contributed by atoms with E-state index in [2.05, 4.69) is 18.2 Å². The number of fused-ring (bicyclic) bond motifs is 5. The van der Waals surface area contributed by atoms with E-state index in [1.807, 2.05) is 121 Å². The van der Waals surface area contributed by atoms with E-state index in [1.165, 1.54) is 0 Å². The van der Waals surface area contributed by atoms with Crippen LogP contribution in [0, 0.1) is 0 Å². The largest absolute Gasteiger partial charge is 0.431 e. The average molecular weight is 594 g/mol. The Kier molecular flexibility index (Phi) is 5.99. The van der Waals surface area contributed by atoms with Crippen molar-refractivity contribution in [3.8, 4) is 68.5 Å². The van der Waals surface area contributed by atoms with Crippen LogP contribution in [-0.4, -0.2) is 24.9 Å². The first kappa shape index (κ1) is 26.0. The van der Waals surface area contributed by atoms with Gasteiger partial charge in [0.1, 0.15) is 5.52 Å². The molecule has 0 amide bonds. The molecule has 0 aliphatic carbocycles. The molecule has 0 radical (unpaired) electrons. The molecule has 0 atom stereocenters. The molecule has 1 aliphatic heterocycles. The Labute approximate surface area is 263 Å². The number of benzene rings is 6. The molecule has 46 heavy (non-hydrogen) atoms. The standard InChI is InChI=1S/C39H23N5O2/c1-3-11-25(12-4-1)35-42-36(26-13-5-2-6-14-26)44-37(43-35)29-16-9-15-27(22-29)28-19-21-32-33(23-28)46-38-39(45-32)41-34-30-17-8-7-10-24(30)18-20-31(34)40-38/h1-23H. The molecule has 7 heteroatoms. The van der Waals surface area contributed by atoms with Crippen LogP contribution >= 0.6 is 0 Å². The molecule has 0 bridgehead atoms. The zero-order valence-electron chi connectivity index (χ0n) is 24.3. The number of ether oxygens (including phenoxy) is 2. The van der Waals surface area contributed by atoms with Crippen molar-refractivity contribution in [1.29, 1.82) is 0 Å². The van der Waals surface area contributed by atoms with Gasteiger partial charge in [0, 0.05) is 22.1 Å². The molecule has 0 fully saturated rings. The van der Waals surface area contributed by atoms with Gasteiger partial charge in [-0.05, 0) is 40.8 Å².